The number of benzene rings is 1. The minimum Gasteiger partial charge on any atom is -0.468 e. The Morgan fingerprint density at radius 2 is 1.84 bits per heavy atom. The van der Waals surface area contributed by atoms with Crippen LogP contribution >= 0.6 is 0 Å². The molecule has 1 aliphatic heterocycles. The molecule has 0 amide bonds. The maximum atomic E-state index is 11.7. The molecular weight excluding hydrogens is 248 g/mol. The van der Waals surface area contributed by atoms with Gasteiger partial charge in [-0.2, -0.15) is 0 Å². The molecular formula is C13H14N2O4. The summed E-state index contributed by atoms with van der Waals surface area (Å²) in [4.78, 5) is 23.3. The first kappa shape index (κ1) is 13.1. The molecule has 6 heteroatoms. The smallest absolute Gasteiger partial charge is 0.355 e. The number of anilines is 1. The third-order valence-electron chi connectivity index (χ3n) is 2.70. The quantitative estimate of drug-likeness (QED) is 0.805. The molecule has 0 saturated carbocycles. The summed E-state index contributed by atoms with van der Waals surface area (Å²) in [6.45, 7) is 0. The zero-order chi connectivity index (χ0) is 13.8. The van der Waals surface area contributed by atoms with Crippen molar-refractivity contribution < 1.29 is 19.1 Å². The van der Waals surface area contributed by atoms with Gasteiger partial charge in [-0.05, 0) is 18.2 Å². The minimum atomic E-state index is -0.709. The molecule has 2 rings (SSSR count). The highest BCUT2D eigenvalue weighted by molar-refractivity contribution is 5.95. The van der Waals surface area contributed by atoms with Gasteiger partial charge in [-0.3, -0.25) is 5.01 Å². The Bertz CT molecular complexity index is 513. The number of rotatable bonds is 3. The molecule has 1 aromatic rings. The highest BCUT2D eigenvalue weighted by Crippen LogP contribution is 2.22. The van der Waals surface area contributed by atoms with Crippen molar-refractivity contribution in [1.29, 1.82) is 0 Å². The summed E-state index contributed by atoms with van der Waals surface area (Å²) in [6, 6.07) is 8.43. The van der Waals surface area contributed by atoms with Crippen LogP contribution in [0.3, 0.4) is 0 Å². The molecule has 0 aliphatic carbocycles. The first-order valence-corrected chi connectivity index (χ1v) is 5.66. The second kappa shape index (κ2) is 5.53. The highest BCUT2D eigenvalue weighted by atomic mass is 16.5. The van der Waals surface area contributed by atoms with E-state index in [0.717, 1.165) is 5.69 Å². The van der Waals surface area contributed by atoms with Crippen molar-refractivity contribution in [2.45, 2.75) is 6.04 Å². The third kappa shape index (κ3) is 2.58. The fraction of sp³-hybridized carbons (Fsp3) is 0.231. The van der Waals surface area contributed by atoms with Crippen LogP contribution in [0.25, 0.3) is 0 Å². The monoisotopic (exact) mass is 262 g/mol. The molecule has 0 fully saturated rings. The summed E-state index contributed by atoms with van der Waals surface area (Å²) in [5, 5.41) is 1.51. The molecule has 1 aliphatic rings. The average Bonchev–Trinajstić information content (AvgIpc) is 2.91. The lowest BCUT2D eigenvalue weighted by Gasteiger charge is -2.22. The number of hydrogen-bond donors (Lipinski definition) is 1. The molecule has 6 nitrogen and oxygen atoms in total. The normalized spacial score (nSPS) is 17.9. The van der Waals surface area contributed by atoms with Gasteiger partial charge < -0.3 is 9.47 Å². The van der Waals surface area contributed by atoms with Gasteiger partial charge in [0.15, 0.2) is 0 Å². The number of carbonyl (C=O) groups excluding carboxylic acids is 2. The van der Waals surface area contributed by atoms with Gasteiger partial charge in [-0.1, -0.05) is 18.2 Å². The number of carbonyl (C=O) groups is 2. The fourth-order valence-corrected chi connectivity index (χ4v) is 1.78. The van der Waals surface area contributed by atoms with Crippen LogP contribution in [-0.4, -0.2) is 32.2 Å². The molecule has 1 N–H and O–H groups in total. The van der Waals surface area contributed by atoms with Crippen LogP contribution in [0.1, 0.15) is 0 Å². The molecule has 100 valence electrons. The average molecular weight is 262 g/mol. The summed E-state index contributed by atoms with van der Waals surface area (Å²) in [5.74, 6) is -0.998. The van der Waals surface area contributed by atoms with Gasteiger partial charge in [0.05, 0.1) is 19.9 Å². The summed E-state index contributed by atoms with van der Waals surface area (Å²) in [5.41, 5.74) is 3.87. The highest BCUT2D eigenvalue weighted by Gasteiger charge is 2.33. The van der Waals surface area contributed by atoms with Crippen LogP contribution in [0.2, 0.25) is 0 Å². The van der Waals surface area contributed by atoms with E-state index in [1.165, 1.54) is 25.3 Å². The standard InChI is InChI=1S/C13H14N2O4/c1-18-12(16)10-8-11(13(17)19-2)15(14-10)9-6-4-3-5-7-9/h3-8,10,14H,1-2H3. The Labute approximate surface area is 110 Å². The van der Waals surface area contributed by atoms with Crippen LogP contribution in [0.4, 0.5) is 5.69 Å². The van der Waals surface area contributed by atoms with Crippen LogP contribution in [0.5, 0.6) is 0 Å². The van der Waals surface area contributed by atoms with E-state index in [-0.39, 0.29) is 5.70 Å². The van der Waals surface area contributed by atoms with Crippen LogP contribution < -0.4 is 10.4 Å². The Morgan fingerprint density at radius 3 is 2.42 bits per heavy atom. The van der Waals surface area contributed by atoms with Gasteiger partial charge in [-0.15, -0.1) is 0 Å². The van der Waals surface area contributed by atoms with Crippen molar-refractivity contribution in [3.63, 3.8) is 0 Å². The van der Waals surface area contributed by atoms with Gasteiger partial charge in [0.1, 0.15) is 11.7 Å². The van der Waals surface area contributed by atoms with E-state index in [0.29, 0.717) is 0 Å². The molecule has 0 aromatic heterocycles. The van der Waals surface area contributed by atoms with E-state index in [1.54, 1.807) is 0 Å². The lowest BCUT2D eigenvalue weighted by Crippen LogP contribution is -2.42. The Balaban J connectivity index is 2.31. The molecule has 0 bridgehead atoms. The summed E-state index contributed by atoms with van der Waals surface area (Å²) in [6.07, 6.45) is 1.48. The summed E-state index contributed by atoms with van der Waals surface area (Å²) < 4.78 is 9.36. The van der Waals surface area contributed by atoms with Crippen LogP contribution in [0, 0.1) is 0 Å². The number of nitrogens with zero attached hydrogens (tertiary/aromatic N) is 1. The van der Waals surface area contributed by atoms with Crippen molar-refractivity contribution in [2.75, 3.05) is 19.2 Å². The zero-order valence-electron chi connectivity index (χ0n) is 10.6. The largest absolute Gasteiger partial charge is 0.468 e. The van der Waals surface area contributed by atoms with E-state index in [4.69, 9.17) is 4.74 Å². The van der Waals surface area contributed by atoms with E-state index in [9.17, 15) is 9.59 Å². The van der Waals surface area contributed by atoms with E-state index in [2.05, 4.69) is 10.2 Å². The van der Waals surface area contributed by atoms with E-state index < -0.39 is 18.0 Å². The molecule has 0 spiro atoms. The van der Waals surface area contributed by atoms with E-state index >= 15 is 0 Å². The number of hydrogen-bond acceptors (Lipinski definition) is 6. The zero-order valence-corrected chi connectivity index (χ0v) is 10.6. The number of para-hydroxylation sites is 1. The number of methoxy groups -OCH3 is 2. The molecule has 1 atom stereocenters. The second-order valence-corrected chi connectivity index (χ2v) is 3.84. The van der Waals surface area contributed by atoms with Crippen molar-refractivity contribution in [1.82, 2.24) is 5.43 Å². The summed E-state index contributed by atoms with van der Waals surface area (Å²) in [7, 11) is 2.58. The van der Waals surface area contributed by atoms with Gasteiger partial charge in [-0.25, -0.2) is 15.0 Å². The van der Waals surface area contributed by atoms with Crippen LogP contribution in [-0.2, 0) is 19.1 Å². The Kier molecular flexibility index (Phi) is 3.82. The molecule has 1 unspecified atom stereocenters. The maximum Gasteiger partial charge on any atom is 0.355 e. The first-order chi connectivity index (χ1) is 9.17. The Morgan fingerprint density at radius 1 is 1.16 bits per heavy atom. The van der Waals surface area contributed by atoms with Crippen molar-refractivity contribution in [2.24, 2.45) is 0 Å². The van der Waals surface area contributed by atoms with Gasteiger partial charge in [0.25, 0.3) is 0 Å². The molecule has 1 heterocycles. The van der Waals surface area contributed by atoms with Crippen molar-refractivity contribution >= 4 is 17.6 Å². The van der Waals surface area contributed by atoms with Gasteiger partial charge >= 0.3 is 11.9 Å². The van der Waals surface area contributed by atoms with Crippen molar-refractivity contribution in [3.8, 4) is 0 Å². The lowest BCUT2D eigenvalue weighted by atomic mass is 10.2. The third-order valence-corrected chi connectivity index (χ3v) is 2.70. The Hall–Kier alpha value is -2.34. The number of hydrazine groups is 1. The van der Waals surface area contributed by atoms with Crippen molar-refractivity contribution in [3.05, 3.63) is 42.1 Å². The summed E-state index contributed by atoms with van der Waals surface area (Å²) >= 11 is 0. The first-order valence-electron chi connectivity index (χ1n) is 5.66. The number of ether oxygens (including phenoxy) is 2. The second-order valence-electron chi connectivity index (χ2n) is 3.84. The number of esters is 2. The topological polar surface area (TPSA) is 67.9 Å². The van der Waals surface area contributed by atoms with E-state index in [1.807, 2.05) is 30.3 Å². The predicted octanol–water partition coefficient (Wildman–Crippen LogP) is 0.610. The molecule has 0 saturated heterocycles. The number of nitrogens with one attached hydrogen (secondary N) is 1. The fourth-order valence-electron chi connectivity index (χ4n) is 1.78. The minimum absolute atomic E-state index is 0.254. The van der Waals surface area contributed by atoms with Crippen LogP contribution in [0.15, 0.2) is 42.1 Å². The predicted molar refractivity (Wildman–Crippen MR) is 68.0 cm³/mol. The molecule has 19 heavy (non-hydrogen) atoms. The maximum absolute atomic E-state index is 11.7. The van der Waals surface area contributed by atoms with Gasteiger partial charge in [0.2, 0.25) is 0 Å². The lowest BCUT2D eigenvalue weighted by molar-refractivity contribution is -0.141. The molecule has 0 radical (unpaired) electrons. The molecule has 1 aromatic carbocycles. The SMILES string of the molecule is COC(=O)C1=CC(C(=O)OC)NN1c1ccccc1. The van der Waals surface area contributed by atoms with Gasteiger partial charge in [0, 0.05) is 0 Å².